The Morgan fingerprint density at radius 2 is 1.77 bits per heavy atom. The third-order valence-corrected chi connectivity index (χ3v) is 4.26. The van der Waals surface area contributed by atoms with Gasteiger partial charge in [0.05, 0.1) is 17.2 Å². The predicted molar refractivity (Wildman–Crippen MR) is 119 cm³/mol. The van der Waals surface area contributed by atoms with Crippen molar-refractivity contribution in [2.45, 2.75) is 59.1 Å². The van der Waals surface area contributed by atoms with Crippen LogP contribution in [0, 0.1) is 0 Å². The number of guanidine groups is 1. The van der Waals surface area contributed by atoms with E-state index in [0.29, 0.717) is 25.6 Å². The molecule has 0 fully saturated rings. The first-order valence-corrected chi connectivity index (χ1v) is 9.25. The number of hydrogen-bond acceptors (Lipinski definition) is 5. The Morgan fingerprint density at radius 1 is 1.15 bits per heavy atom. The van der Waals surface area contributed by atoms with Crippen molar-refractivity contribution in [3.05, 3.63) is 16.1 Å². The maximum absolute atomic E-state index is 11.6. The highest BCUT2D eigenvalue weighted by Gasteiger charge is 2.18. The topological polar surface area (TPSA) is 87.6 Å². The Labute approximate surface area is 177 Å². The molecule has 9 heteroatoms. The Hall–Kier alpha value is -1.10. The molecule has 7 nitrogen and oxygen atoms in total. The lowest BCUT2D eigenvalue weighted by Gasteiger charge is -2.19. The summed E-state index contributed by atoms with van der Waals surface area (Å²) < 4.78 is 5.18. The number of amides is 1. The van der Waals surface area contributed by atoms with Crippen LogP contribution >= 0.6 is 35.3 Å². The second-order valence-corrected chi connectivity index (χ2v) is 8.53. The number of aliphatic imine (C=N–C) groups is 1. The van der Waals surface area contributed by atoms with Crippen LogP contribution < -0.4 is 16.0 Å². The summed E-state index contributed by atoms with van der Waals surface area (Å²) in [5, 5.41) is 12.2. The van der Waals surface area contributed by atoms with Gasteiger partial charge in [-0.1, -0.05) is 20.8 Å². The Morgan fingerprint density at radius 3 is 2.27 bits per heavy atom. The average molecular weight is 497 g/mol. The minimum atomic E-state index is -0.492. The standard InChI is InChI=1S/C17H31N5O2S.HI/c1-16(2,3)13-22-12(11-25-13)10-21-14(18-7)19-8-9-20-15(23)24-17(4,5)6;/h11H,8-10H2,1-7H3,(H,20,23)(H2,18,19,21);1H. The second-order valence-electron chi connectivity index (χ2n) is 7.68. The van der Waals surface area contributed by atoms with Crippen molar-refractivity contribution in [2.24, 2.45) is 4.99 Å². The molecule has 0 saturated heterocycles. The summed E-state index contributed by atoms with van der Waals surface area (Å²) in [4.78, 5) is 20.4. The molecule has 1 aromatic heterocycles. The van der Waals surface area contributed by atoms with Crippen molar-refractivity contribution in [3.8, 4) is 0 Å². The predicted octanol–water partition coefficient (Wildman–Crippen LogP) is 3.25. The molecule has 1 aromatic rings. The molecule has 0 aliphatic rings. The number of ether oxygens (including phenoxy) is 1. The van der Waals surface area contributed by atoms with Gasteiger partial charge in [-0.2, -0.15) is 0 Å². The summed E-state index contributed by atoms with van der Waals surface area (Å²) in [5.41, 5.74) is 0.565. The molecule has 0 unspecified atom stereocenters. The van der Waals surface area contributed by atoms with Gasteiger partial charge in [0.2, 0.25) is 0 Å². The molecule has 0 radical (unpaired) electrons. The van der Waals surface area contributed by atoms with E-state index in [1.54, 1.807) is 18.4 Å². The van der Waals surface area contributed by atoms with Gasteiger partial charge in [-0.05, 0) is 20.8 Å². The van der Waals surface area contributed by atoms with Gasteiger partial charge >= 0.3 is 6.09 Å². The van der Waals surface area contributed by atoms with Crippen LogP contribution in [0.5, 0.6) is 0 Å². The smallest absolute Gasteiger partial charge is 0.407 e. The molecule has 1 rings (SSSR count). The third-order valence-electron chi connectivity index (χ3n) is 2.94. The van der Waals surface area contributed by atoms with Crippen molar-refractivity contribution in [3.63, 3.8) is 0 Å². The number of carbonyl (C=O) groups is 1. The summed E-state index contributed by atoms with van der Waals surface area (Å²) in [6.07, 6.45) is -0.422. The minimum absolute atomic E-state index is 0. The van der Waals surface area contributed by atoms with Crippen LogP contribution in [0.3, 0.4) is 0 Å². The lowest BCUT2D eigenvalue weighted by molar-refractivity contribution is 0.0529. The van der Waals surface area contributed by atoms with Crippen molar-refractivity contribution in [1.82, 2.24) is 20.9 Å². The van der Waals surface area contributed by atoms with E-state index in [2.05, 4.69) is 52.1 Å². The van der Waals surface area contributed by atoms with Gasteiger partial charge in [0.25, 0.3) is 0 Å². The largest absolute Gasteiger partial charge is 0.444 e. The van der Waals surface area contributed by atoms with Gasteiger partial charge in [0, 0.05) is 30.9 Å². The molecule has 0 aromatic carbocycles. The Kier molecular flexibility index (Phi) is 10.4. The van der Waals surface area contributed by atoms with Gasteiger partial charge < -0.3 is 20.7 Å². The normalized spacial score (nSPS) is 12.2. The Bertz CT molecular complexity index is 591. The van der Waals surface area contributed by atoms with E-state index in [9.17, 15) is 4.79 Å². The molecule has 3 N–H and O–H groups in total. The molecule has 0 aliphatic carbocycles. The molecular weight excluding hydrogens is 465 g/mol. The number of nitrogens with zero attached hydrogens (tertiary/aromatic N) is 2. The maximum atomic E-state index is 11.6. The summed E-state index contributed by atoms with van der Waals surface area (Å²) in [6.45, 7) is 13.6. The van der Waals surface area contributed by atoms with Gasteiger partial charge in [-0.15, -0.1) is 35.3 Å². The Balaban J connectivity index is 0.00000625. The maximum Gasteiger partial charge on any atom is 0.407 e. The molecule has 1 heterocycles. The summed E-state index contributed by atoms with van der Waals surface area (Å²) >= 11 is 1.67. The minimum Gasteiger partial charge on any atom is -0.444 e. The van der Waals surface area contributed by atoms with E-state index in [-0.39, 0.29) is 29.4 Å². The van der Waals surface area contributed by atoms with Gasteiger partial charge in [0.1, 0.15) is 5.60 Å². The first kappa shape index (κ1) is 24.9. The molecule has 26 heavy (non-hydrogen) atoms. The van der Waals surface area contributed by atoms with E-state index >= 15 is 0 Å². The van der Waals surface area contributed by atoms with E-state index < -0.39 is 11.7 Å². The molecule has 150 valence electrons. The van der Waals surface area contributed by atoms with Gasteiger partial charge in [-0.3, -0.25) is 4.99 Å². The number of carbonyl (C=O) groups excluding carboxylic acids is 1. The number of alkyl carbamates (subject to hydrolysis) is 1. The van der Waals surface area contributed by atoms with E-state index in [4.69, 9.17) is 4.74 Å². The lowest BCUT2D eigenvalue weighted by atomic mass is 9.98. The fourth-order valence-corrected chi connectivity index (χ4v) is 2.69. The summed E-state index contributed by atoms with van der Waals surface area (Å²) in [5.74, 6) is 0.663. The van der Waals surface area contributed by atoms with Crippen LogP contribution in [0.15, 0.2) is 10.4 Å². The van der Waals surface area contributed by atoms with Crippen LogP contribution in [0.25, 0.3) is 0 Å². The van der Waals surface area contributed by atoms with Crippen LogP contribution in [-0.2, 0) is 16.7 Å². The van der Waals surface area contributed by atoms with Crippen LogP contribution in [0.4, 0.5) is 4.79 Å². The number of rotatable bonds is 5. The summed E-state index contributed by atoms with van der Waals surface area (Å²) in [7, 11) is 1.71. The molecule has 0 aliphatic heterocycles. The number of halogens is 1. The molecule has 0 atom stereocenters. The zero-order valence-corrected chi connectivity index (χ0v) is 19.9. The average Bonchev–Trinajstić information content (AvgIpc) is 2.93. The number of aromatic nitrogens is 1. The first-order valence-electron chi connectivity index (χ1n) is 8.37. The van der Waals surface area contributed by atoms with Crippen LogP contribution in [-0.4, -0.2) is 42.8 Å². The third kappa shape index (κ3) is 10.1. The quantitative estimate of drug-likeness (QED) is 0.252. The highest BCUT2D eigenvalue weighted by atomic mass is 127. The fourth-order valence-electron chi connectivity index (χ4n) is 1.79. The van der Waals surface area contributed by atoms with E-state index in [0.717, 1.165) is 10.7 Å². The highest BCUT2D eigenvalue weighted by molar-refractivity contribution is 14.0. The van der Waals surface area contributed by atoms with E-state index in [1.807, 2.05) is 20.8 Å². The zero-order valence-electron chi connectivity index (χ0n) is 16.7. The van der Waals surface area contributed by atoms with E-state index in [1.165, 1.54) is 0 Å². The van der Waals surface area contributed by atoms with Gasteiger partial charge in [-0.25, -0.2) is 9.78 Å². The highest BCUT2D eigenvalue weighted by Crippen LogP contribution is 2.25. The fraction of sp³-hybridized carbons (Fsp3) is 0.706. The molecule has 0 bridgehead atoms. The van der Waals surface area contributed by atoms with Crippen LogP contribution in [0.2, 0.25) is 0 Å². The number of nitrogens with one attached hydrogen (secondary N) is 3. The lowest BCUT2D eigenvalue weighted by Crippen LogP contribution is -2.42. The van der Waals surface area contributed by atoms with Crippen molar-refractivity contribution in [1.29, 1.82) is 0 Å². The number of thiazole rings is 1. The summed E-state index contributed by atoms with van der Waals surface area (Å²) in [6, 6.07) is 0. The van der Waals surface area contributed by atoms with Gasteiger partial charge in [0.15, 0.2) is 5.96 Å². The molecule has 0 saturated carbocycles. The molecule has 1 amide bonds. The van der Waals surface area contributed by atoms with Crippen molar-refractivity contribution >= 4 is 47.4 Å². The molecular formula is C17H32IN5O2S. The molecule has 0 spiro atoms. The monoisotopic (exact) mass is 497 g/mol. The van der Waals surface area contributed by atoms with Crippen molar-refractivity contribution in [2.75, 3.05) is 20.1 Å². The zero-order chi connectivity index (χ0) is 19.1. The number of hydrogen-bond donors (Lipinski definition) is 3. The van der Waals surface area contributed by atoms with Crippen LogP contribution in [0.1, 0.15) is 52.2 Å². The first-order chi connectivity index (χ1) is 11.5. The SMILES string of the molecule is CN=C(NCCNC(=O)OC(C)(C)C)NCc1csc(C(C)(C)C)n1.I. The second kappa shape index (κ2) is 10.9. The van der Waals surface area contributed by atoms with Crippen molar-refractivity contribution < 1.29 is 9.53 Å².